The highest BCUT2D eigenvalue weighted by Gasteiger charge is 2.23. The normalized spacial score (nSPS) is 13.7. The van der Waals surface area contributed by atoms with Crippen LogP contribution >= 0.6 is 24.0 Å². The second-order valence-electron chi connectivity index (χ2n) is 3.43. The monoisotopic (exact) mass is 263 g/mol. The minimum Gasteiger partial charge on any atom is -0.480 e. The minimum atomic E-state index is -0.975. The summed E-state index contributed by atoms with van der Waals surface area (Å²) in [4.78, 5) is 10.8. The van der Waals surface area contributed by atoms with Crippen LogP contribution in [0.15, 0.2) is 24.3 Å². The van der Waals surface area contributed by atoms with E-state index in [1.165, 1.54) is 0 Å². The van der Waals surface area contributed by atoms with Crippen molar-refractivity contribution in [2.45, 2.75) is 25.3 Å². The Kier molecular flexibility index (Phi) is 6.41. The van der Waals surface area contributed by atoms with E-state index in [0.717, 1.165) is 5.56 Å². The molecule has 0 aromatic heterocycles. The molecule has 0 fully saturated rings. The lowest BCUT2D eigenvalue weighted by atomic mass is 9.90. The SMILES string of the molecule is CCC(c1ccc(Cl)cc1)C(N)C(=O)O.Cl. The van der Waals surface area contributed by atoms with Gasteiger partial charge in [-0.05, 0) is 24.1 Å². The summed E-state index contributed by atoms with van der Waals surface area (Å²) < 4.78 is 0. The number of hydrogen-bond acceptors (Lipinski definition) is 2. The molecule has 2 unspecified atom stereocenters. The molecule has 0 saturated carbocycles. The summed E-state index contributed by atoms with van der Waals surface area (Å²) in [7, 11) is 0. The number of carbonyl (C=O) groups is 1. The highest BCUT2D eigenvalue weighted by molar-refractivity contribution is 6.30. The van der Waals surface area contributed by atoms with Crippen molar-refractivity contribution in [1.29, 1.82) is 0 Å². The molecule has 0 spiro atoms. The molecule has 0 bridgehead atoms. The third-order valence-electron chi connectivity index (χ3n) is 2.46. The molecule has 0 heterocycles. The molecule has 2 atom stereocenters. The third kappa shape index (κ3) is 3.67. The third-order valence-corrected chi connectivity index (χ3v) is 2.71. The van der Waals surface area contributed by atoms with E-state index in [1.54, 1.807) is 12.1 Å². The number of carboxylic acids is 1. The van der Waals surface area contributed by atoms with E-state index in [2.05, 4.69) is 0 Å². The van der Waals surface area contributed by atoms with Gasteiger partial charge in [0.25, 0.3) is 0 Å². The van der Waals surface area contributed by atoms with E-state index in [-0.39, 0.29) is 18.3 Å². The molecule has 0 amide bonds. The fourth-order valence-corrected chi connectivity index (χ4v) is 1.71. The lowest BCUT2D eigenvalue weighted by Gasteiger charge is -2.19. The van der Waals surface area contributed by atoms with Gasteiger partial charge in [0.05, 0.1) is 0 Å². The van der Waals surface area contributed by atoms with Gasteiger partial charge in [0.15, 0.2) is 0 Å². The van der Waals surface area contributed by atoms with Gasteiger partial charge >= 0.3 is 5.97 Å². The van der Waals surface area contributed by atoms with Crippen molar-refractivity contribution >= 4 is 30.0 Å². The smallest absolute Gasteiger partial charge is 0.321 e. The standard InChI is InChI=1S/C11H14ClNO2.ClH/c1-2-9(10(13)11(14)15)7-3-5-8(12)6-4-7;/h3-6,9-10H,2,13H2,1H3,(H,14,15);1H. The zero-order valence-corrected chi connectivity index (χ0v) is 10.5. The van der Waals surface area contributed by atoms with Gasteiger partial charge in [-0.15, -0.1) is 12.4 Å². The summed E-state index contributed by atoms with van der Waals surface area (Å²) >= 11 is 5.75. The summed E-state index contributed by atoms with van der Waals surface area (Å²) in [5.74, 6) is -1.14. The molecule has 3 nitrogen and oxygen atoms in total. The molecule has 1 rings (SSSR count). The van der Waals surface area contributed by atoms with E-state index < -0.39 is 12.0 Å². The molecule has 5 heteroatoms. The first-order valence-electron chi connectivity index (χ1n) is 4.80. The van der Waals surface area contributed by atoms with E-state index in [1.807, 2.05) is 19.1 Å². The second kappa shape index (κ2) is 6.74. The first-order chi connectivity index (χ1) is 7.06. The van der Waals surface area contributed by atoms with Crippen molar-refractivity contribution < 1.29 is 9.90 Å². The van der Waals surface area contributed by atoms with Gasteiger partial charge in [-0.1, -0.05) is 30.7 Å². The van der Waals surface area contributed by atoms with Crippen LogP contribution < -0.4 is 5.73 Å². The maximum absolute atomic E-state index is 10.8. The van der Waals surface area contributed by atoms with Crippen LogP contribution in [-0.2, 0) is 4.79 Å². The molecule has 0 aliphatic carbocycles. The number of hydrogen-bond donors (Lipinski definition) is 2. The molecule has 1 aromatic rings. The Morgan fingerprint density at radius 3 is 2.31 bits per heavy atom. The molecule has 3 N–H and O–H groups in total. The number of halogens is 2. The van der Waals surface area contributed by atoms with Gasteiger partial charge < -0.3 is 10.8 Å². The molecule has 0 radical (unpaired) electrons. The lowest BCUT2D eigenvalue weighted by molar-refractivity contribution is -0.139. The van der Waals surface area contributed by atoms with Crippen LogP contribution in [0.4, 0.5) is 0 Å². The summed E-state index contributed by atoms with van der Waals surface area (Å²) in [6, 6.07) is 6.26. The fraction of sp³-hybridized carbons (Fsp3) is 0.364. The van der Waals surface area contributed by atoms with Crippen LogP contribution in [0.2, 0.25) is 5.02 Å². The van der Waals surface area contributed by atoms with Crippen molar-refractivity contribution in [1.82, 2.24) is 0 Å². The van der Waals surface area contributed by atoms with Crippen molar-refractivity contribution in [3.63, 3.8) is 0 Å². The molecular formula is C11H15Cl2NO2. The average Bonchev–Trinajstić information content (AvgIpc) is 2.21. The van der Waals surface area contributed by atoms with Crippen molar-refractivity contribution in [3.05, 3.63) is 34.9 Å². The van der Waals surface area contributed by atoms with Crippen LogP contribution in [0.3, 0.4) is 0 Å². The van der Waals surface area contributed by atoms with E-state index in [9.17, 15) is 4.79 Å². The minimum absolute atomic E-state index is 0. The zero-order valence-electron chi connectivity index (χ0n) is 8.89. The lowest BCUT2D eigenvalue weighted by Crippen LogP contribution is -2.36. The van der Waals surface area contributed by atoms with E-state index in [0.29, 0.717) is 11.4 Å². The zero-order chi connectivity index (χ0) is 11.4. The Hall–Kier alpha value is -0.770. The van der Waals surface area contributed by atoms with Crippen molar-refractivity contribution in [2.24, 2.45) is 5.73 Å². The predicted molar refractivity (Wildman–Crippen MR) is 67.3 cm³/mol. The molecule has 0 saturated heterocycles. The molecule has 1 aromatic carbocycles. The predicted octanol–water partition coefficient (Wildman–Crippen LogP) is 2.67. The Morgan fingerprint density at radius 1 is 1.44 bits per heavy atom. The number of rotatable bonds is 4. The van der Waals surface area contributed by atoms with Crippen LogP contribution in [0.1, 0.15) is 24.8 Å². The van der Waals surface area contributed by atoms with Crippen LogP contribution in [0.5, 0.6) is 0 Å². The number of nitrogens with two attached hydrogens (primary N) is 1. The van der Waals surface area contributed by atoms with Gasteiger partial charge in [-0.2, -0.15) is 0 Å². The maximum atomic E-state index is 10.8. The van der Waals surface area contributed by atoms with E-state index in [4.69, 9.17) is 22.4 Å². The molecule has 0 aliphatic rings. The van der Waals surface area contributed by atoms with Crippen molar-refractivity contribution in [2.75, 3.05) is 0 Å². The van der Waals surface area contributed by atoms with Gasteiger partial charge in [-0.25, -0.2) is 0 Å². The second-order valence-corrected chi connectivity index (χ2v) is 3.87. The number of aliphatic carboxylic acids is 1. The molecule has 90 valence electrons. The summed E-state index contributed by atoms with van der Waals surface area (Å²) in [5, 5.41) is 9.48. The average molecular weight is 264 g/mol. The van der Waals surface area contributed by atoms with E-state index >= 15 is 0 Å². The Labute approximate surface area is 106 Å². The van der Waals surface area contributed by atoms with Gasteiger partial charge in [-0.3, -0.25) is 4.79 Å². The number of carboxylic acid groups (broad SMARTS) is 1. The molecular weight excluding hydrogens is 249 g/mol. The van der Waals surface area contributed by atoms with Gasteiger partial charge in [0, 0.05) is 10.9 Å². The van der Waals surface area contributed by atoms with Crippen LogP contribution in [0.25, 0.3) is 0 Å². The van der Waals surface area contributed by atoms with Gasteiger partial charge in [0.2, 0.25) is 0 Å². The Bertz CT molecular complexity index is 340. The first-order valence-corrected chi connectivity index (χ1v) is 5.18. The molecule has 16 heavy (non-hydrogen) atoms. The molecule has 0 aliphatic heterocycles. The fourth-order valence-electron chi connectivity index (χ4n) is 1.58. The number of benzene rings is 1. The summed E-state index contributed by atoms with van der Waals surface area (Å²) in [5.41, 5.74) is 6.52. The Morgan fingerprint density at radius 2 is 1.94 bits per heavy atom. The van der Waals surface area contributed by atoms with Crippen molar-refractivity contribution in [3.8, 4) is 0 Å². The largest absolute Gasteiger partial charge is 0.480 e. The van der Waals surface area contributed by atoms with Gasteiger partial charge in [0.1, 0.15) is 6.04 Å². The summed E-state index contributed by atoms with van der Waals surface area (Å²) in [6.07, 6.45) is 0.690. The first kappa shape index (κ1) is 15.2. The topological polar surface area (TPSA) is 63.3 Å². The highest BCUT2D eigenvalue weighted by Crippen LogP contribution is 2.23. The summed E-state index contributed by atoms with van der Waals surface area (Å²) in [6.45, 7) is 1.92. The quantitative estimate of drug-likeness (QED) is 0.878. The maximum Gasteiger partial charge on any atom is 0.321 e. The highest BCUT2D eigenvalue weighted by atomic mass is 35.5. The van der Waals surface area contributed by atoms with Crippen LogP contribution in [-0.4, -0.2) is 17.1 Å². The Balaban J connectivity index is 0.00000225. The van der Waals surface area contributed by atoms with Crippen LogP contribution in [0, 0.1) is 0 Å².